The number of nitrogens with zero attached hydrogens (tertiary/aromatic N) is 3. The Labute approximate surface area is 282 Å². The van der Waals surface area contributed by atoms with Gasteiger partial charge >= 0.3 is 12.4 Å². The van der Waals surface area contributed by atoms with Crippen molar-refractivity contribution in [3.63, 3.8) is 0 Å². The molecule has 1 N–H and O–H groups in total. The number of ether oxygens (including phenoxy) is 1. The molecule has 0 atom stereocenters. The van der Waals surface area contributed by atoms with Gasteiger partial charge in [0.15, 0.2) is 0 Å². The lowest BCUT2D eigenvalue weighted by atomic mass is 9.92. The molecule has 0 bridgehead atoms. The number of furan rings is 1. The molecule has 1 aliphatic carbocycles. The van der Waals surface area contributed by atoms with Crippen LogP contribution in [-0.2, 0) is 28.4 Å². The van der Waals surface area contributed by atoms with Gasteiger partial charge in [0.05, 0.1) is 23.1 Å². The van der Waals surface area contributed by atoms with E-state index < -0.39 is 34.1 Å². The Morgan fingerprint density at radius 2 is 1.54 bits per heavy atom. The topological polar surface area (TPSA) is 101 Å². The first kappa shape index (κ1) is 35.2. The van der Waals surface area contributed by atoms with Gasteiger partial charge < -0.3 is 19.4 Å². The summed E-state index contributed by atoms with van der Waals surface area (Å²) in [6.45, 7) is 2.78. The summed E-state index contributed by atoms with van der Waals surface area (Å²) < 4.78 is 90.7. The van der Waals surface area contributed by atoms with Gasteiger partial charge in [-0.2, -0.15) is 26.3 Å². The third-order valence-electron chi connectivity index (χ3n) is 9.20. The molecular formula is C35H34F6N4O5. The van der Waals surface area contributed by atoms with E-state index in [0.717, 1.165) is 41.0 Å². The maximum atomic E-state index is 13.3. The van der Waals surface area contributed by atoms with Gasteiger partial charge in [0.1, 0.15) is 23.5 Å². The Bertz CT molecular complexity index is 1830. The largest absolute Gasteiger partial charge is 0.460 e. The van der Waals surface area contributed by atoms with Crippen molar-refractivity contribution in [2.24, 2.45) is 0 Å². The molecule has 3 aromatic carbocycles. The van der Waals surface area contributed by atoms with E-state index in [1.54, 1.807) is 11.0 Å². The van der Waals surface area contributed by atoms with Gasteiger partial charge in [-0.3, -0.25) is 19.8 Å². The fourth-order valence-corrected chi connectivity index (χ4v) is 6.49. The Kier molecular flexibility index (Phi) is 10.1. The summed E-state index contributed by atoms with van der Waals surface area (Å²) in [6, 6.07) is 15.2. The van der Waals surface area contributed by atoms with Gasteiger partial charge in [-0.15, -0.1) is 0 Å². The van der Waals surface area contributed by atoms with Crippen LogP contribution < -0.4 is 5.32 Å². The quantitative estimate of drug-likeness (QED) is 0.107. The van der Waals surface area contributed by atoms with Crippen LogP contribution >= 0.6 is 0 Å². The summed E-state index contributed by atoms with van der Waals surface area (Å²) in [6.07, 6.45) is -6.97. The predicted octanol–water partition coefficient (Wildman–Crippen LogP) is 8.13. The van der Waals surface area contributed by atoms with Gasteiger partial charge in [-0.1, -0.05) is 18.2 Å². The first-order valence-corrected chi connectivity index (χ1v) is 16.2. The van der Waals surface area contributed by atoms with Crippen LogP contribution in [-0.4, -0.2) is 65.6 Å². The van der Waals surface area contributed by atoms with Crippen molar-refractivity contribution < 1.29 is 45.2 Å². The van der Waals surface area contributed by atoms with E-state index in [2.05, 4.69) is 10.2 Å². The van der Waals surface area contributed by atoms with E-state index >= 15 is 0 Å². The first-order chi connectivity index (χ1) is 23.7. The van der Waals surface area contributed by atoms with Gasteiger partial charge in [0.2, 0.25) is 5.91 Å². The molecule has 15 heteroatoms. The van der Waals surface area contributed by atoms with Crippen molar-refractivity contribution in [2.45, 2.75) is 56.7 Å². The third-order valence-corrected chi connectivity index (χ3v) is 9.20. The molecule has 0 spiro atoms. The van der Waals surface area contributed by atoms with Crippen LogP contribution in [0.3, 0.4) is 0 Å². The third kappa shape index (κ3) is 8.38. The average Bonchev–Trinajstić information content (AvgIpc) is 3.49. The van der Waals surface area contributed by atoms with Crippen LogP contribution in [0.2, 0.25) is 0 Å². The van der Waals surface area contributed by atoms with E-state index in [4.69, 9.17) is 9.15 Å². The number of nitro groups is 1. The number of alkyl halides is 6. The lowest BCUT2D eigenvalue weighted by molar-refractivity contribution is -0.388. The second kappa shape index (κ2) is 14.3. The van der Waals surface area contributed by atoms with Crippen molar-refractivity contribution in [1.82, 2.24) is 9.80 Å². The maximum Gasteiger partial charge on any atom is 0.423 e. The first-order valence-electron chi connectivity index (χ1n) is 16.2. The Balaban J connectivity index is 0.929. The second-order valence-corrected chi connectivity index (χ2v) is 12.6. The van der Waals surface area contributed by atoms with Crippen LogP contribution in [0.4, 0.5) is 37.7 Å². The fourth-order valence-electron chi connectivity index (χ4n) is 6.49. The predicted molar refractivity (Wildman–Crippen MR) is 172 cm³/mol. The number of carbonyl (C=O) groups is 1. The summed E-state index contributed by atoms with van der Waals surface area (Å²) in [4.78, 5) is 26.8. The molecule has 50 heavy (non-hydrogen) atoms. The number of rotatable bonds is 9. The number of anilines is 1. The van der Waals surface area contributed by atoms with Crippen molar-refractivity contribution >= 4 is 28.3 Å². The molecule has 2 fully saturated rings. The highest BCUT2D eigenvalue weighted by Gasteiger charge is 2.38. The van der Waals surface area contributed by atoms with E-state index in [9.17, 15) is 41.3 Å². The van der Waals surface area contributed by atoms with Crippen LogP contribution in [0.25, 0.3) is 22.1 Å². The highest BCUT2D eigenvalue weighted by atomic mass is 19.4. The molecule has 266 valence electrons. The molecule has 9 nitrogen and oxygen atoms in total. The molecule has 0 radical (unpaired) electrons. The summed E-state index contributed by atoms with van der Waals surface area (Å²) in [5.74, 6) is 0.627. The smallest absolute Gasteiger partial charge is 0.423 e. The molecule has 4 aromatic rings. The lowest BCUT2D eigenvalue weighted by Crippen LogP contribution is -2.49. The second-order valence-electron chi connectivity index (χ2n) is 12.6. The molecule has 2 aliphatic rings. The summed E-state index contributed by atoms with van der Waals surface area (Å²) in [5.41, 5.74) is -0.702. The van der Waals surface area contributed by atoms with Crippen LogP contribution in [0.15, 0.2) is 71.1 Å². The van der Waals surface area contributed by atoms with Crippen LogP contribution in [0.1, 0.15) is 42.6 Å². The maximum absolute atomic E-state index is 13.3. The number of piperazine rings is 1. The standard InChI is InChI=1S/C35H34F6N4O5/c36-34(37,38)25-4-1-22(2-5-25)23-3-12-32-24(17-23)18-29(50-32)20-43-13-15-44(16-14-43)33(46)21-49-28-9-6-26(7-10-28)42-27-8-11-31(45(47)48)30(19-27)35(39,40)41/h1-5,8,11-12,17-19,26,28,42H,6-7,9-10,13-16,20-21H2/t26-,28-. The summed E-state index contributed by atoms with van der Waals surface area (Å²) in [5, 5.41) is 14.9. The zero-order valence-electron chi connectivity index (χ0n) is 26.7. The Morgan fingerprint density at radius 3 is 2.18 bits per heavy atom. The van der Waals surface area contributed by atoms with Crippen molar-refractivity contribution in [2.75, 3.05) is 38.1 Å². The van der Waals surface area contributed by atoms with Crippen molar-refractivity contribution in [3.8, 4) is 11.1 Å². The van der Waals surface area contributed by atoms with Crippen molar-refractivity contribution in [3.05, 3.63) is 93.7 Å². The molecule has 1 aliphatic heterocycles. The number of halogens is 6. The highest BCUT2D eigenvalue weighted by Crippen LogP contribution is 2.38. The summed E-state index contributed by atoms with van der Waals surface area (Å²) in [7, 11) is 0. The lowest BCUT2D eigenvalue weighted by Gasteiger charge is -2.35. The number of hydrogen-bond donors (Lipinski definition) is 1. The molecule has 6 rings (SSSR count). The Hall–Kier alpha value is -4.63. The van der Waals surface area contributed by atoms with E-state index in [0.29, 0.717) is 69.6 Å². The van der Waals surface area contributed by atoms with Crippen LogP contribution in [0.5, 0.6) is 0 Å². The van der Waals surface area contributed by atoms with E-state index in [-0.39, 0.29) is 30.3 Å². The van der Waals surface area contributed by atoms with Crippen LogP contribution in [0, 0.1) is 10.1 Å². The highest BCUT2D eigenvalue weighted by molar-refractivity contribution is 5.84. The minimum absolute atomic E-state index is 0.0646. The molecule has 1 amide bonds. The molecular weight excluding hydrogens is 670 g/mol. The molecule has 1 saturated heterocycles. The van der Waals surface area contributed by atoms with Crippen molar-refractivity contribution in [1.29, 1.82) is 0 Å². The normalized spacial score (nSPS) is 19.1. The minimum atomic E-state index is -4.85. The Morgan fingerprint density at radius 1 is 0.860 bits per heavy atom. The molecule has 0 unspecified atom stereocenters. The number of fused-ring (bicyclic) bond motifs is 1. The number of amides is 1. The minimum Gasteiger partial charge on any atom is -0.460 e. The summed E-state index contributed by atoms with van der Waals surface area (Å²) >= 11 is 0. The van der Waals surface area contributed by atoms with Gasteiger partial charge in [0.25, 0.3) is 5.69 Å². The number of carbonyl (C=O) groups excluding carboxylic acids is 1. The number of nitrogens with one attached hydrogen (secondary N) is 1. The fraction of sp³-hybridized carbons (Fsp3) is 0.400. The van der Waals surface area contributed by atoms with E-state index in [1.165, 1.54) is 18.2 Å². The molecule has 2 heterocycles. The van der Waals surface area contributed by atoms with Gasteiger partial charge in [0, 0.05) is 49.4 Å². The number of nitro benzene ring substituents is 1. The number of benzene rings is 3. The van der Waals surface area contributed by atoms with Gasteiger partial charge in [-0.05, 0) is 79.3 Å². The zero-order valence-corrected chi connectivity index (χ0v) is 26.7. The van der Waals surface area contributed by atoms with Gasteiger partial charge in [-0.25, -0.2) is 0 Å². The SMILES string of the molecule is O=C(CO[C@H]1CC[C@H](Nc2ccc([N+](=O)[O-])c(C(F)(F)F)c2)CC1)N1CCN(Cc2cc3cc(-c4ccc(C(F)(F)F)cc4)ccc3o2)CC1. The molecule has 1 saturated carbocycles. The zero-order chi connectivity index (χ0) is 35.6. The monoisotopic (exact) mass is 704 g/mol. The molecule has 1 aromatic heterocycles. The van der Waals surface area contributed by atoms with E-state index in [1.807, 2.05) is 18.2 Å². The number of hydrogen-bond acceptors (Lipinski definition) is 7. The average molecular weight is 705 g/mol.